The molecule has 38 heavy (non-hydrogen) atoms. The molecule has 0 saturated carbocycles. The minimum Gasteiger partial charge on any atom is -0.443 e. The number of nitrogens with two attached hydrogens (primary N) is 2. The van der Waals surface area contributed by atoms with Gasteiger partial charge in [0, 0.05) is 6.54 Å². The van der Waals surface area contributed by atoms with Gasteiger partial charge in [-0.05, 0) is 44.4 Å². The van der Waals surface area contributed by atoms with Crippen molar-refractivity contribution >= 4 is 23.6 Å². The maximum atomic E-state index is 12.8. The number of nitrogens with one attached hydrogen (secondary N) is 1. The molecule has 1 aliphatic rings. The van der Waals surface area contributed by atoms with Gasteiger partial charge < -0.3 is 26.3 Å². The highest BCUT2D eigenvalue weighted by atomic mass is 16.6. The fraction of sp³-hybridized carbons (Fsp3) is 0.423. The zero-order chi connectivity index (χ0) is 27.3. The zero-order valence-corrected chi connectivity index (χ0v) is 21.5. The Bertz CT molecular complexity index is 1290. The van der Waals surface area contributed by atoms with E-state index in [0.29, 0.717) is 43.2 Å². The first-order valence-corrected chi connectivity index (χ1v) is 12.4. The molecule has 2 atom stereocenters. The first-order chi connectivity index (χ1) is 18.1. The first-order valence-electron chi connectivity index (χ1n) is 12.4. The van der Waals surface area contributed by atoms with Gasteiger partial charge >= 0.3 is 6.09 Å². The molecule has 4 rings (SSSR count). The Morgan fingerprint density at radius 2 is 1.87 bits per heavy atom. The van der Waals surface area contributed by atoms with Crippen LogP contribution in [0.2, 0.25) is 0 Å². The summed E-state index contributed by atoms with van der Waals surface area (Å²) >= 11 is 0. The number of carbonyl (C=O) groups excluding carboxylic acids is 3. The van der Waals surface area contributed by atoms with Gasteiger partial charge in [0.2, 0.25) is 11.8 Å². The first kappa shape index (κ1) is 27.0. The smallest absolute Gasteiger partial charge is 0.410 e. The normalized spacial score (nSPS) is 16.4. The molecule has 2 aromatic heterocycles. The van der Waals surface area contributed by atoms with E-state index in [2.05, 4.69) is 15.5 Å². The molecule has 1 aromatic carbocycles. The molecule has 0 aliphatic carbocycles. The molecule has 3 heterocycles. The molecule has 0 spiro atoms. The number of hydrogen-bond acceptors (Lipinski definition) is 8. The van der Waals surface area contributed by atoms with E-state index in [4.69, 9.17) is 20.9 Å². The SMILES string of the molecule is CC(C)(N)C(=O)N[C@H](COCc1ccccc1)c1nnc2cccc(COC(=O)N3CCC[C@@H]3C(N)=O)n12. The molecule has 12 heteroatoms. The lowest BCUT2D eigenvalue weighted by Gasteiger charge is -2.24. The van der Waals surface area contributed by atoms with Crippen LogP contribution < -0.4 is 16.8 Å². The Morgan fingerprint density at radius 1 is 1.11 bits per heavy atom. The van der Waals surface area contributed by atoms with Crippen LogP contribution in [0.25, 0.3) is 5.65 Å². The van der Waals surface area contributed by atoms with Crippen LogP contribution in [0, 0.1) is 0 Å². The average molecular weight is 524 g/mol. The highest BCUT2D eigenvalue weighted by molar-refractivity contribution is 5.85. The van der Waals surface area contributed by atoms with Gasteiger partial charge in [0.25, 0.3) is 0 Å². The Kier molecular flexibility index (Phi) is 8.23. The zero-order valence-electron chi connectivity index (χ0n) is 21.5. The molecular formula is C26H33N7O5. The molecule has 0 bridgehead atoms. The standard InChI is InChI=1S/C26H33N7O5/c1-26(2,28)24(35)29-19(16-37-14-17-8-4-3-5-9-17)23-31-30-21-12-6-10-18(33(21)23)15-38-25(36)32-13-7-11-20(32)22(27)34/h3-6,8-10,12,19-20H,7,11,13-16,28H2,1-2H3,(H2,27,34)(H,29,35)/t19-,20-/m1/s1. The van der Waals surface area contributed by atoms with Gasteiger partial charge in [0.05, 0.1) is 24.4 Å². The van der Waals surface area contributed by atoms with Gasteiger partial charge in [-0.25, -0.2) is 4.79 Å². The number of carbonyl (C=O) groups is 3. The maximum absolute atomic E-state index is 12.8. The van der Waals surface area contributed by atoms with Crippen molar-refractivity contribution in [3.05, 3.63) is 65.6 Å². The number of nitrogens with zero attached hydrogens (tertiary/aromatic N) is 4. The monoisotopic (exact) mass is 523 g/mol. The van der Waals surface area contributed by atoms with Crippen molar-refractivity contribution < 1.29 is 23.9 Å². The predicted molar refractivity (Wildman–Crippen MR) is 137 cm³/mol. The summed E-state index contributed by atoms with van der Waals surface area (Å²) in [6.07, 6.45) is 0.562. The van der Waals surface area contributed by atoms with Crippen molar-refractivity contribution in [1.29, 1.82) is 0 Å². The summed E-state index contributed by atoms with van der Waals surface area (Å²) in [5.74, 6) is -0.550. The third-order valence-corrected chi connectivity index (χ3v) is 6.29. The van der Waals surface area contributed by atoms with E-state index >= 15 is 0 Å². The fourth-order valence-corrected chi connectivity index (χ4v) is 4.26. The molecule has 3 aromatic rings. The molecule has 0 radical (unpaired) electrons. The molecule has 202 valence electrons. The van der Waals surface area contributed by atoms with Crippen LogP contribution in [0.4, 0.5) is 4.79 Å². The second kappa shape index (κ2) is 11.6. The van der Waals surface area contributed by atoms with Gasteiger partial charge in [0.15, 0.2) is 11.5 Å². The predicted octanol–water partition coefficient (Wildman–Crippen LogP) is 1.43. The summed E-state index contributed by atoms with van der Waals surface area (Å²) in [4.78, 5) is 38.6. The summed E-state index contributed by atoms with van der Waals surface area (Å²) in [5, 5.41) is 11.5. The Balaban J connectivity index is 1.56. The molecule has 5 N–H and O–H groups in total. The molecule has 1 fully saturated rings. The number of rotatable bonds is 10. The molecule has 12 nitrogen and oxygen atoms in total. The van der Waals surface area contributed by atoms with Gasteiger partial charge in [-0.2, -0.15) is 0 Å². The largest absolute Gasteiger partial charge is 0.443 e. The van der Waals surface area contributed by atoms with Gasteiger partial charge in [-0.15, -0.1) is 10.2 Å². The summed E-state index contributed by atoms with van der Waals surface area (Å²) < 4.78 is 13.2. The average Bonchev–Trinajstić information content (AvgIpc) is 3.55. The number of amides is 3. The maximum Gasteiger partial charge on any atom is 0.410 e. The minimum atomic E-state index is -1.14. The van der Waals surface area contributed by atoms with Crippen LogP contribution in [-0.4, -0.2) is 62.1 Å². The lowest BCUT2D eigenvalue weighted by Crippen LogP contribution is -2.51. The van der Waals surface area contributed by atoms with Crippen LogP contribution in [0.1, 0.15) is 49.8 Å². The van der Waals surface area contributed by atoms with Crippen LogP contribution >= 0.6 is 0 Å². The van der Waals surface area contributed by atoms with E-state index in [1.54, 1.807) is 36.4 Å². The topological polar surface area (TPSA) is 167 Å². The lowest BCUT2D eigenvalue weighted by molar-refractivity contribution is -0.126. The van der Waals surface area contributed by atoms with E-state index < -0.39 is 35.5 Å². The molecule has 0 unspecified atom stereocenters. The summed E-state index contributed by atoms with van der Waals surface area (Å²) in [6, 6.07) is 13.6. The third-order valence-electron chi connectivity index (χ3n) is 6.29. The molecule has 3 amide bonds. The van der Waals surface area contributed by atoms with Crippen LogP contribution in [-0.2, 0) is 32.3 Å². The van der Waals surface area contributed by atoms with Crippen molar-refractivity contribution in [1.82, 2.24) is 24.8 Å². The van der Waals surface area contributed by atoms with Gasteiger partial charge in [-0.3, -0.25) is 18.9 Å². The number of benzene rings is 1. The minimum absolute atomic E-state index is 0.0969. The van der Waals surface area contributed by atoms with Crippen molar-refractivity contribution in [3.8, 4) is 0 Å². The van der Waals surface area contributed by atoms with E-state index in [9.17, 15) is 14.4 Å². The third kappa shape index (κ3) is 6.26. The number of ether oxygens (including phenoxy) is 2. The summed E-state index contributed by atoms with van der Waals surface area (Å²) in [5.41, 5.74) is 12.4. The Labute approximate surface area is 220 Å². The van der Waals surface area contributed by atoms with E-state index in [0.717, 1.165) is 5.56 Å². The number of likely N-dealkylation sites (tertiary alicyclic amines) is 1. The van der Waals surface area contributed by atoms with E-state index in [1.807, 2.05) is 30.3 Å². The highest BCUT2D eigenvalue weighted by Gasteiger charge is 2.34. The number of aromatic nitrogens is 3. The molecular weight excluding hydrogens is 490 g/mol. The summed E-state index contributed by atoms with van der Waals surface area (Å²) in [6.45, 7) is 3.92. The van der Waals surface area contributed by atoms with Crippen molar-refractivity contribution in [2.24, 2.45) is 11.5 Å². The van der Waals surface area contributed by atoms with Crippen LogP contribution in [0.15, 0.2) is 48.5 Å². The summed E-state index contributed by atoms with van der Waals surface area (Å²) in [7, 11) is 0. The molecule has 1 saturated heterocycles. The number of hydrogen-bond donors (Lipinski definition) is 3. The fourth-order valence-electron chi connectivity index (χ4n) is 4.26. The van der Waals surface area contributed by atoms with Crippen LogP contribution in [0.3, 0.4) is 0 Å². The number of primary amides is 1. The van der Waals surface area contributed by atoms with Crippen LogP contribution in [0.5, 0.6) is 0 Å². The van der Waals surface area contributed by atoms with Crippen molar-refractivity contribution in [2.45, 2.75) is 57.5 Å². The van der Waals surface area contributed by atoms with Gasteiger partial charge in [0.1, 0.15) is 18.7 Å². The van der Waals surface area contributed by atoms with Crippen molar-refractivity contribution in [3.63, 3.8) is 0 Å². The second-order valence-corrected chi connectivity index (χ2v) is 9.83. The quantitative estimate of drug-likeness (QED) is 0.359. The van der Waals surface area contributed by atoms with E-state index in [-0.39, 0.29) is 13.2 Å². The number of fused-ring (bicyclic) bond motifs is 1. The Morgan fingerprint density at radius 3 is 2.58 bits per heavy atom. The number of pyridine rings is 1. The second-order valence-electron chi connectivity index (χ2n) is 9.83. The van der Waals surface area contributed by atoms with Crippen molar-refractivity contribution in [2.75, 3.05) is 13.2 Å². The molecule has 1 aliphatic heterocycles. The van der Waals surface area contributed by atoms with E-state index in [1.165, 1.54) is 4.90 Å². The lowest BCUT2D eigenvalue weighted by atomic mass is 10.1. The highest BCUT2D eigenvalue weighted by Crippen LogP contribution is 2.21. The van der Waals surface area contributed by atoms with Gasteiger partial charge in [-0.1, -0.05) is 36.4 Å². The Hall–Kier alpha value is -4.03.